The lowest BCUT2D eigenvalue weighted by atomic mass is 10.1. The molecule has 1 aromatic rings. The molecule has 2 fully saturated rings. The van der Waals surface area contributed by atoms with Crippen molar-refractivity contribution in [3.8, 4) is 0 Å². The average Bonchev–Trinajstić information content (AvgIpc) is 3.54. The Hall–Kier alpha value is -0.860. The maximum Gasteiger partial charge on any atom is 0.191 e. The van der Waals surface area contributed by atoms with Gasteiger partial charge in [0, 0.05) is 50.8 Å². The molecule has 5 nitrogen and oxygen atoms in total. The predicted octanol–water partition coefficient (Wildman–Crippen LogP) is 3.70. The van der Waals surface area contributed by atoms with E-state index in [0.29, 0.717) is 12.1 Å². The van der Waals surface area contributed by atoms with Crippen LogP contribution in [0.3, 0.4) is 0 Å². The van der Waals surface area contributed by atoms with Crippen molar-refractivity contribution in [1.29, 1.82) is 0 Å². The normalized spacial score (nSPS) is 19.7. The summed E-state index contributed by atoms with van der Waals surface area (Å²) in [7, 11) is 2.21. The number of hydrogen-bond acceptors (Lipinski definition) is 3. The van der Waals surface area contributed by atoms with Crippen molar-refractivity contribution >= 4 is 29.9 Å². The second-order valence-corrected chi connectivity index (χ2v) is 8.48. The Morgan fingerprint density at radius 3 is 2.48 bits per heavy atom. The number of likely N-dealkylation sites (tertiary alicyclic amines) is 1. The van der Waals surface area contributed by atoms with Crippen molar-refractivity contribution < 1.29 is 0 Å². The summed E-state index contributed by atoms with van der Waals surface area (Å²) in [6.45, 7) is 9.68. The molecular weight excluding hydrogens is 473 g/mol. The lowest BCUT2D eigenvalue weighted by Crippen LogP contribution is -2.49. The number of nitrogens with zero attached hydrogens (tertiary/aromatic N) is 3. The summed E-state index contributed by atoms with van der Waals surface area (Å²) in [5.41, 5.74) is 1.37. The molecule has 0 spiro atoms. The van der Waals surface area contributed by atoms with E-state index in [1.807, 2.05) is 0 Å². The van der Waals surface area contributed by atoms with Gasteiger partial charge in [-0.2, -0.15) is 0 Å². The van der Waals surface area contributed by atoms with Crippen LogP contribution in [0.25, 0.3) is 0 Å². The molecular formula is C23H40IN5. The molecule has 1 atom stereocenters. The third-order valence-electron chi connectivity index (χ3n) is 6.12. The molecule has 1 aromatic carbocycles. The number of piperidine rings is 1. The maximum atomic E-state index is 4.86. The standard InChI is InChI=1S/C23H39N5.HI/c1-4-24-23(26-21-13-16-28(17-14-21)22-10-11-22)25-15-12-19(2)27(3)18-20-8-6-5-7-9-20;/h5-9,19,21-22H,4,10-18H2,1-3H3,(H2,24,25,26);1H. The minimum absolute atomic E-state index is 0. The first-order valence-corrected chi connectivity index (χ1v) is 11.2. The Kier molecular flexibility index (Phi) is 10.7. The van der Waals surface area contributed by atoms with Crippen LogP contribution in [0.2, 0.25) is 0 Å². The van der Waals surface area contributed by atoms with Gasteiger partial charge >= 0.3 is 0 Å². The van der Waals surface area contributed by atoms with Crippen LogP contribution in [0.4, 0.5) is 0 Å². The quantitative estimate of drug-likeness (QED) is 0.300. The van der Waals surface area contributed by atoms with Crippen molar-refractivity contribution in [3.63, 3.8) is 0 Å². The van der Waals surface area contributed by atoms with Gasteiger partial charge in [-0.3, -0.25) is 9.89 Å². The molecule has 29 heavy (non-hydrogen) atoms. The van der Waals surface area contributed by atoms with Gasteiger partial charge in [0.2, 0.25) is 0 Å². The zero-order valence-electron chi connectivity index (χ0n) is 18.4. The van der Waals surface area contributed by atoms with E-state index in [1.54, 1.807) is 0 Å². The molecule has 0 aromatic heterocycles. The molecule has 2 N–H and O–H groups in total. The number of rotatable bonds is 9. The topological polar surface area (TPSA) is 42.9 Å². The smallest absolute Gasteiger partial charge is 0.191 e. The van der Waals surface area contributed by atoms with Gasteiger partial charge in [0.1, 0.15) is 0 Å². The van der Waals surface area contributed by atoms with Gasteiger partial charge in [0.05, 0.1) is 0 Å². The second-order valence-electron chi connectivity index (χ2n) is 8.48. The summed E-state index contributed by atoms with van der Waals surface area (Å²) in [6.07, 6.45) is 6.37. The molecule has 1 aliphatic heterocycles. The van der Waals surface area contributed by atoms with Crippen LogP contribution in [0.5, 0.6) is 0 Å². The lowest BCUT2D eigenvalue weighted by Gasteiger charge is -2.33. The van der Waals surface area contributed by atoms with E-state index >= 15 is 0 Å². The SMILES string of the molecule is CCNC(=NCCC(C)N(C)Cc1ccccc1)NC1CCN(C2CC2)CC1.I. The Morgan fingerprint density at radius 2 is 1.86 bits per heavy atom. The number of nitrogens with one attached hydrogen (secondary N) is 2. The highest BCUT2D eigenvalue weighted by atomic mass is 127. The number of benzene rings is 1. The van der Waals surface area contributed by atoms with Crippen LogP contribution >= 0.6 is 24.0 Å². The summed E-state index contributed by atoms with van der Waals surface area (Å²) >= 11 is 0. The molecule has 2 aliphatic rings. The molecule has 0 radical (unpaired) electrons. The fourth-order valence-electron chi connectivity index (χ4n) is 3.97. The van der Waals surface area contributed by atoms with Crippen molar-refractivity contribution in [3.05, 3.63) is 35.9 Å². The van der Waals surface area contributed by atoms with E-state index in [4.69, 9.17) is 4.99 Å². The molecule has 1 saturated heterocycles. The zero-order valence-corrected chi connectivity index (χ0v) is 20.8. The minimum atomic E-state index is 0. The number of aliphatic imine (C=N–C) groups is 1. The fraction of sp³-hybridized carbons (Fsp3) is 0.696. The number of guanidine groups is 1. The first kappa shape index (κ1) is 24.4. The van der Waals surface area contributed by atoms with Gasteiger partial charge in [-0.15, -0.1) is 24.0 Å². The van der Waals surface area contributed by atoms with E-state index in [2.05, 4.69) is 71.7 Å². The van der Waals surface area contributed by atoms with Gasteiger partial charge in [0.15, 0.2) is 5.96 Å². The van der Waals surface area contributed by atoms with Crippen LogP contribution in [-0.4, -0.2) is 67.1 Å². The van der Waals surface area contributed by atoms with E-state index in [-0.39, 0.29) is 24.0 Å². The molecule has 1 heterocycles. The molecule has 3 rings (SSSR count). The van der Waals surface area contributed by atoms with Crippen LogP contribution in [-0.2, 0) is 6.54 Å². The Balaban J connectivity index is 0.00000300. The molecule has 164 valence electrons. The summed E-state index contributed by atoms with van der Waals surface area (Å²) in [5.74, 6) is 0.991. The molecule has 6 heteroatoms. The number of hydrogen-bond donors (Lipinski definition) is 2. The van der Waals surface area contributed by atoms with Crippen LogP contribution in [0.15, 0.2) is 35.3 Å². The Bertz CT molecular complexity index is 597. The van der Waals surface area contributed by atoms with Crippen molar-refractivity contribution in [1.82, 2.24) is 20.4 Å². The highest BCUT2D eigenvalue weighted by molar-refractivity contribution is 14.0. The molecule has 1 saturated carbocycles. The lowest BCUT2D eigenvalue weighted by molar-refractivity contribution is 0.197. The summed E-state index contributed by atoms with van der Waals surface area (Å²) < 4.78 is 0. The third-order valence-corrected chi connectivity index (χ3v) is 6.12. The van der Waals surface area contributed by atoms with Crippen molar-refractivity contribution in [2.45, 2.75) is 70.6 Å². The first-order chi connectivity index (χ1) is 13.7. The fourth-order valence-corrected chi connectivity index (χ4v) is 3.97. The van der Waals surface area contributed by atoms with Gasteiger partial charge in [-0.25, -0.2) is 0 Å². The monoisotopic (exact) mass is 513 g/mol. The van der Waals surface area contributed by atoms with Gasteiger partial charge in [-0.05, 0) is 58.6 Å². The third kappa shape index (κ3) is 8.42. The van der Waals surface area contributed by atoms with Crippen molar-refractivity contribution in [2.75, 3.05) is 33.2 Å². The first-order valence-electron chi connectivity index (χ1n) is 11.2. The highest BCUT2D eigenvalue weighted by Gasteiger charge is 2.31. The summed E-state index contributed by atoms with van der Waals surface area (Å²) in [5, 5.41) is 7.11. The molecule has 1 aliphatic carbocycles. The second kappa shape index (κ2) is 12.7. The summed E-state index contributed by atoms with van der Waals surface area (Å²) in [4.78, 5) is 9.95. The van der Waals surface area contributed by atoms with E-state index in [9.17, 15) is 0 Å². The predicted molar refractivity (Wildman–Crippen MR) is 134 cm³/mol. The van der Waals surface area contributed by atoms with Gasteiger partial charge in [-0.1, -0.05) is 30.3 Å². The average molecular weight is 514 g/mol. The van der Waals surface area contributed by atoms with Crippen LogP contribution in [0.1, 0.15) is 51.5 Å². The summed E-state index contributed by atoms with van der Waals surface area (Å²) in [6, 6.07) is 12.7. The molecule has 0 amide bonds. The van der Waals surface area contributed by atoms with Crippen LogP contribution < -0.4 is 10.6 Å². The Morgan fingerprint density at radius 1 is 1.17 bits per heavy atom. The minimum Gasteiger partial charge on any atom is -0.357 e. The molecule has 1 unspecified atom stereocenters. The number of halogens is 1. The van der Waals surface area contributed by atoms with Crippen LogP contribution in [0, 0.1) is 0 Å². The Labute approximate surface area is 194 Å². The van der Waals surface area contributed by atoms with E-state index in [0.717, 1.165) is 38.1 Å². The van der Waals surface area contributed by atoms with E-state index < -0.39 is 0 Å². The maximum absolute atomic E-state index is 4.86. The zero-order chi connectivity index (χ0) is 19.8. The van der Waals surface area contributed by atoms with Crippen molar-refractivity contribution in [2.24, 2.45) is 4.99 Å². The highest BCUT2D eigenvalue weighted by Crippen LogP contribution is 2.29. The largest absolute Gasteiger partial charge is 0.357 e. The van der Waals surface area contributed by atoms with Gasteiger partial charge < -0.3 is 15.5 Å². The van der Waals surface area contributed by atoms with Gasteiger partial charge in [0.25, 0.3) is 0 Å². The van der Waals surface area contributed by atoms with E-state index in [1.165, 1.54) is 44.3 Å². The molecule has 0 bridgehead atoms.